The zero-order valence-electron chi connectivity index (χ0n) is 15.9. The summed E-state index contributed by atoms with van der Waals surface area (Å²) < 4.78 is 29.1. The average molecular weight is 407 g/mol. The molecule has 0 saturated carbocycles. The van der Waals surface area contributed by atoms with Gasteiger partial charge in [-0.15, -0.1) is 0 Å². The SMILES string of the molecule is Cn1nc(C(=O)N2CCSCC2)c2c1CC[C@@H](NCc1cccc(F)c1F)C2. The molecular formula is C20H24F2N4OS. The van der Waals surface area contributed by atoms with Gasteiger partial charge in [-0.25, -0.2) is 8.78 Å². The Morgan fingerprint density at radius 3 is 2.89 bits per heavy atom. The molecule has 0 spiro atoms. The van der Waals surface area contributed by atoms with Crippen LogP contribution in [0.2, 0.25) is 0 Å². The number of halogens is 2. The summed E-state index contributed by atoms with van der Waals surface area (Å²) in [7, 11) is 1.89. The summed E-state index contributed by atoms with van der Waals surface area (Å²) in [6, 6.07) is 4.33. The Labute approximate surface area is 167 Å². The van der Waals surface area contributed by atoms with Crippen LogP contribution in [0.15, 0.2) is 18.2 Å². The van der Waals surface area contributed by atoms with Crippen LogP contribution in [0.1, 0.15) is 33.7 Å². The molecule has 1 N–H and O–H groups in total. The molecule has 1 amide bonds. The van der Waals surface area contributed by atoms with E-state index in [1.807, 2.05) is 28.4 Å². The van der Waals surface area contributed by atoms with Gasteiger partial charge in [0.05, 0.1) is 0 Å². The zero-order chi connectivity index (χ0) is 19.7. The molecule has 4 rings (SSSR count). The van der Waals surface area contributed by atoms with Crippen molar-refractivity contribution in [3.05, 3.63) is 52.3 Å². The van der Waals surface area contributed by atoms with Crippen LogP contribution in [0, 0.1) is 11.6 Å². The van der Waals surface area contributed by atoms with Gasteiger partial charge in [-0.3, -0.25) is 9.48 Å². The summed E-state index contributed by atoms with van der Waals surface area (Å²) in [5.41, 5.74) is 2.96. The lowest BCUT2D eigenvalue weighted by Crippen LogP contribution is -2.39. The van der Waals surface area contributed by atoms with Crippen molar-refractivity contribution >= 4 is 17.7 Å². The third kappa shape index (κ3) is 3.80. The number of nitrogens with zero attached hydrogens (tertiary/aromatic N) is 3. The van der Waals surface area contributed by atoms with Crippen molar-refractivity contribution < 1.29 is 13.6 Å². The van der Waals surface area contributed by atoms with Gasteiger partial charge in [-0.2, -0.15) is 16.9 Å². The molecule has 2 aliphatic rings. The Morgan fingerprint density at radius 2 is 2.11 bits per heavy atom. The fraction of sp³-hybridized carbons (Fsp3) is 0.500. The first-order valence-corrected chi connectivity index (χ1v) is 10.8. The van der Waals surface area contributed by atoms with Crippen LogP contribution >= 0.6 is 11.8 Å². The lowest BCUT2D eigenvalue weighted by atomic mass is 9.91. The third-order valence-electron chi connectivity index (χ3n) is 5.57. The molecule has 1 aromatic heterocycles. The van der Waals surface area contributed by atoms with Gasteiger partial charge in [0.15, 0.2) is 17.3 Å². The topological polar surface area (TPSA) is 50.2 Å². The second kappa shape index (κ2) is 8.21. The van der Waals surface area contributed by atoms with Crippen molar-refractivity contribution in [1.82, 2.24) is 20.0 Å². The Hall–Kier alpha value is -1.93. The summed E-state index contributed by atoms with van der Waals surface area (Å²) >= 11 is 1.87. The lowest BCUT2D eigenvalue weighted by Gasteiger charge is -2.27. The van der Waals surface area contributed by atoms with E-state index in [1.165, 1.54) is 6.07 Å². The third-order valence-corrected chi connectivity index (χ3v) is 6.51. The van der Waals surface area contributed by atoms with Crippen LogP contribution in [0.5, 0.6) is 0 Å². The van der Waals surface area contributed by atoms with Crippen molar-refractivity contribution in [1.29, 1.82) is 0 Å². The molecule has 0 unspecified atom stereocenters. The van der Waals surface area contributed by atoms with Gasteiger partial charge in [0.1, 0.15) is 0 Å². The van der Waals surface area contributed by atoms with E-state index < -0.39 is 11.6 Å². The average Bonchev–Trinajstić information content (AvgIpc) is 3.05. The molecule has 1 aromatic carbocycles. The predicted molar refractivity (Wildman–Crippen MR) is 105 cm³/mol. The van der Waals surface area contributed by atoms with Crippen LogP contribution in [0.3, 0.4) is 0 Å². The number of carbonyl (C=O) groups is 1. The van der Waals surface area contributed by atoms with Crippen LogP contribution < -0.4 is 5.32 Å². The van der Waals surface area contributed by atoms with Crippen LogP contribution in [-0.2, 0) is 26.4 Å². The largest absolute Gasteiger partial charge is 0.336 e. The molecular weight excluding hydrogens is 382 g/mol. The zero-order valence-corrected chi connectivity index (χ0v) is 16.7. The number of fused-ring (bicyclic) bond motifs is 1. The molecule has 2 aromatic rings. The number of aromatic nitrogens is 2. The van der Waals surface area contributed by atoms with Crippen molar-refractivity contribution in [3.63, 3.8) is 0 Å². The van der Waals surface area contributed by atoms with E-state index >= 15 is 0 Å². The van der Waals surface area contributed by atoms with E-state index in [1.54, 1.807) is 6.07 Å². The fourth-order valence-corrected chi connectivity index (χ4v) is 4.89. The first-order chi connectivity index (χ1) is 13.5. The highest BCUT2D eigenvalue weighted by Gasteiger charge is 2.30. The van der Waals surface area contributed by atoms with E-state index in [4.69, 9.17) is 0 Å². The van der Waals surface area contributed by atoms with Gasteiger partial charge in [0.2, 0.25) is 0 Å². The fourth-order valence-electron chi connectivity index (χ4n) is 3.99. The second-order valence-electron chi connectivity index (χ2n) is 7.34. The van der Waals surface area contributed by atoms with E-state index in [2.05, 4.69) is 10.4 Å². The maximum Gasteiger partial charge on any atom is 0.274 e. The quantitative estimate of drug-likeness (QED) is 0.848. The summed E-state index contributed by atoms with van der Waals surface area (Å²) in [5.74, 6) is 0.305. The first kappa shape index (κ1) is 19.4. The maximum atomic E-state index is 13.9. The highest BCUT2D eigenvalue weighted by Crippen LogP contribution is 2.26. The van der Waals surface area contributed by atoms with Gasteiger partial charge in [-0.1, -0.05) is 12.1 Å². The molecule has 8 heteroatoms. The normalized spacial score (nSPS) is 19.5. The highest BCUT2D eigenvalue weighted by atomic mass is 32.2. The molecule has 1 aliphatic carbocycles. The lowest BCUT2D eigenvalue weighted by molar-refractivity contribution is 0.0764. The number of rotatable bonds is 4. The van der Waals surface area contributed by atoms with E-state index in [-0.39, 0.29) is 18.5 Å². The summed E-state index contributed by atoms with van der Waals surface area (Å²) in [4.78, 5) is 14.9. The number of amides is 1. The van der Waals surface area contributed by atoms with Crippen LogP contribution in [-0.4, -0.2) is 51.2 Å². The molecule has 5 nitrogen and oxygen atoms in total. The minimum atomic E-state index is -0.829. The van der Waals surface area contributed by atoms with E-state index in [0.29, 0.717) is 17.7 Å². The maximum absolute atomic E-state index is 13.9. The Morgan fingerprint density at radius 1 is 1.32 bits per heavy atom. The number of hydrogen-bond acceptors (Lipinski definition) is 4. The monoisotopic (exact) mass is 406 g/mol. The van der Waals surface area contributed by atoms with Crippen molar-refractivity contribution in [2.75, 3.05) is 24.6 Å². The van der Waals surface area contributed by atoms with Crippen LogP contribution in [0.4, 0.5) is 8.78 Å². The number of benzene rings is 1. The number of carbonyl (C=O) groups excluding carboxylic acids is 1. The molecule has 1 saturated heterocycles. The standard InChI is InChI=1S/C20H24F2N4OS/c1-25-17-6-5-14(23-12-13-3-2-4-16(21)18(13)22)11-15(17)19(24-25)20(27)26-7-9-28-10-8-26/h2-4,14,23H,5-12H2,1H3/t14-/m1/s1. The number of nitrogens with one attached hydrogen (secondary N) is 1. The molecule has 150 valence electrons. The van der Waals surface area contributed by atoms with Crippen LogP contribution in [0.25, 0.3) is 0 Å². The summed E-state index contributed by atoms with van der Waals surface area (Å²) in [6.45, 7) is 1.78. The highest BCUT2D eigenvalue weighted by molar-refractivity contribution is 7.99. The molecule has 0 bridgehead atoms. The second-order valence-corrected chi connectivity index (χ2v) is 8.56. The molecule has 1 fully saturated rings. The Balaban J connectivity index is 1.48. The number of aryl methyl sites for hydroxylation is 1. The summed E-state index contributed by atoms with van der Waals surface area (Å²) in [5, 5.41) is 7.86. The van der Waals surface area contributed by atoms with Crippen molar-refractivity contribution in [2.45, 2.75) is 31.8 Å². The number of hydrogen-bond donors (Lipinski definition) is 1. The number of thioether (sulfide) groups is 1. The van der Waals surface area contributed by atoms with Gasteiger partial charge >= 0.3 is 0 Å². The van der Waals surface area contributed by atoms with Crippen molar-refractivity contribution in [3.8, 4) is 0 Å². The Bertz CT molecular complexity index is 879. The van der Waals surface area contributed by atoms with Gasteiger partial charge in [-0.05, 0) is 25.3 Å². The minimum Gasteiger partial charge on any atom is -0.336 e. The van der Waals surface area contributed by atoms with Gasteiger partial charge in [0.25, 0.3) is 5.91 Å². The molecule has 0 radical (unpaired) electrons. The minimum absolute atomic E-state index is 0.00831. The van der Waals surface area contributed by atoms with E-state index in [9.17, 15) is 13.6 Å². The molecule has 2 heterocycles. The van der Waals surface area contributed by atoms with Gasteiger partial charge < -0.3 is 10.2 Å². The molecule has 1 aliphatic heterocycles. The Kier molecular flexibility index (Phi) is 5.68. The predicted octanol–water partition coefficient (Wildman–Crippen LogP) is 2.53. The molecule has 28 heavy (non-hydrogen) atoms. The smallest absolute Gasteiger partial charge is 0.274 e. The molecule has 1 atom stereocenters. The van der Waals surface area contributed by atoms with Crippen molar-refractivity contribution in [2.24, 2.45) is 7.05 Å². The van der Waals surface area contributed by atoms with E-state index in [0.717, 1.165) is 54.8 Å². The summed E-state index contributed by atoms with van der Waals surface area (Å²) in [6.07, 6.45) is 2.35. The van der Waals surface area contributed by atoms with Gasteiger partial charge in [0, 0.05) is 61.1 Å². The first-order valence-electron chi connectivity index (χ1n) is 9.62.